The van der Waals surface area contributed by atoms with Crippen molar-refractivity contribution in [2.75, 3.05) is 31.2 Å². The van der Waals surface area contributed by atoms with Crippen LogP contribution in [0.2, 0.25) is 0 Å². The molecule has 2 amide bonds. The number of aliphatic hydroxyl groups excluding tert-OH is 2. The van der Waals surface area contributed by atoms with Crippen molar-refractivity contribution in [3.8, 4) is 0 Å². The number of rotatable bonds is 9. The van der Waals surface area contributed by atoms with Crippen molar-refractivity contribution in [1.82, 2.24) is 10.6 Å². The van der Waals surface area contributed by atoms with Gasteiger partial charge in [0.25, 0.3) is 0 Å². The fourth-order valence-electron chi connectivity index (χ4n) is 1.17. The summed E-state index contributed by atoms with van der Waals surface area (Å²) in [4.78, 5) is 23.0. The van der Waals surface area contributed by atoms with Gasteiger partial charge in [0.05, 0.1) is 13.2 Å². The molecule has 1 atom stereocenters. The molecular weight excluding hydrogens is 268 g/mol. The summed E-state index contributed by atoms with van der Waals surface area (Å²) in [5.74, 6) is 0.877. The van der Waals surface area contributed by atoms with E-state index in [1.807, 2.05) is 6.92 Å². The van der Waals surface area contributed by atoms with Crippen molar-refractivity contribution >= 4 is 23.6 Å². The molecule has 0 aliphatic rings. The van der Waals surface area contributed by atoms with E-state index in [2.05, 4.69) is 10.6 Å². The summed E-state index contributed by atoms with van der Waals surface area (Å²) in [7, 11) is 0. The summed E-state index contributed by atoms with van der Waals surface area (Å²) >= 11 is 1.72. The molecule has 112 valence electrons. The Hall–Kier alpha value is -0.790. The van der Waals surface area contributed by atoms with Crippen LogP contribution in [0.1, 0.15) is 20.8 Å². The van der Waals surface area contributed by atoms with Gasteiger partial charge in [-0.1, -0.05) is 20.8 Å². The quantitative estimate of drug-likeness (QED) is 0.423. The highest BCUT2D eigenvalue weighted by Crippen LogP contribution is 2.19. The van der Waals surface area contributed by atoms with E-state index in [-0.39, 0.29) is 19.1 Å². The van der Waals surface area contributed by atoms with Gasteiger partial charge in [0.2, 0.25) is 11.8 Å². The van der Waals surface area contributed by atoms with Gasteiger partial charge in [-0.2, -0.15) is 11.8 Å². The Balaban J connectivity index is 3.93. The average molecular weight is 292 g/mol. The first-order valence-electron chi connectivity index (χ1n) is 6.26. The van der Waals surface area contributed by atoms with Crippen molar-refractivity contribution < 1.29 is 19.8 Å². The molecule has 0 aliphatic heterocycles. The Bertz CT molecular complexity index is 297. The standard InChI is InChI=1S/C12H24N2O4S/c1-4-19-6-5-13-9(16)7-14-11(18)10(17)12(2,3)8-15/h10,15,17H,4-8H2,1-3H3,(H,13,16)(H,14,18)/t10-/m0/s1. The number of hydrogen-bond donors (Lipinski definition) is 4. The fraction of sp³-hybridized carbons (Fsp3) is 0.833. The molecule has 7 heteroatoms. The molecule has 0 radical (unpaired) electrons. The van der Waals surface area contributed by atoms with Crippen LogP contribution in [-0.4, -0.2) is 59.3 Å². The SMILES string of the molecule is CCSCCNC(=O)CNC(=O)[C@H](O)C(C)(C)CO. The zero-order valence-electron chi connectivity index (χ0n) is 11.7. The number of hydrogen-bond acceptors (Lipinski definition) is 5. The maximum atomic E-state index is 11.6. The van der Waals surface area contributed by atoms with E-state index < -0.39 is 17.4 Å². The molecule has 6 nitrogen and oxygen atoms in total. The molecule has 0 saturated carbocycles. The summed E-state index contributed by atoms with van der Waals surface area (Å²) in [5.41, 5.74) is -0.932. The monoisotopic (exact) mass is 292 g/mol. The topological polar surface area (TPSA) is 98.7 Å². The predicted molar refractivity (Wildman–Crippen MR) is 75.9 cm³/mol. The predicted octanol–water partition coefficient (Wildman–Crippen LogP) is -0.649. The first kappa shape index (κ1) is 18.2. The maximum Gasteiger partial charge on any atom is 0.249 e. The van der Waals surface area contributed by atoms with E-state index in [0.29, 0.717) is 6.54 Å². The maximum absolute atomic E-state index is 11.6. The summed E-state index contributed by atoms with van der Waals surface area (Å²) < 4.78 is 0. The molecule has 0 saturated heterocycles. The Kier molecular flexibility index (Phi) is 8.79. The van der Waals surface area contributed by atoms with Crippen LogP contribution < -0.4 is 10.6 Å². The highest BCUT2D eigenvalue weighted by atomic mass is 32.2. The normalized spacial score (nSPS) is 12.9. The molecule has 0 heterocycles. The van der Waals surface area contributed by atoms with Crippen LogP contribution >= 0.6 is 11.8 Å². The number of aliphatic hydroxyl groups is 2. The fourth-order valence-corrected chi connectivity index (χ4v) is 1.71. The highest BCUT2D eigenvalue weighted by molar-refractivity contribution is 7.99. The van der Waals surface area contributed by atoms with Crippen LogP contribution in [0, 0.1) is 5.41 Å². The van der Waals surface area contributed by atoms with Crippen LogP contribution in [-0.2, 0) is 9.59 Å². The molecule has 19 heavy (non-hydrogen) atoms. The minimum atomic E-state index is -1.35. The Morgan fingerprint density at radius 1 is 1.32 bits per heavy atom. The van der Waals surface area contributed by atoms with E-state index in [4.69, 9.17) is 5.11 Å². The van der Waals surface area contributed by atoms with Gasteiger partial charge in [-0.3, -0.25) is 9.59 Å². The number of nitrogens with one attached hydrogen (secondary N) is 2. The van der Waals surface area contributed by atoms with E-state index in [1.54, 1.807) is 25.6 Å². The molecule has 0 aliphatic carbocycles. The smallest absolute Gasteiger partial charge is 0.249 e. The average Bonchev–Trinajstić information content (AvgIpc) is 2.40. The van der Waals surface area contributed by atoms with Crippen LogP contribution in [0.3, 0.4) is 0 Å². The second kappa shape index (κ2) is 9.17. The van der Waals surface area contributed by atoms with Gasteiger partial charge in [-0.05, 0) is 5.75 Å². The third-order valence-electron chi connectivity index (χ3n) is 2.59. The number of carbonyl (C=O) groups excluding carboxylic acids is 2. The van der Waals surface area contributed by atoms with Crippen LogP contribution in [0.25, 0.3) is 0 Å². The van der Waals surface area contributed by atoms with Crippen molar-refractivity contribution in [3.05, 3.63) is 0 Å². The Labute approximate surface area is 118 Å². The summed E-state index contributed by atoms with van der Waals surface area (Å²) in [6, 6.07) is 0. The molecule has 0 aromatic heterocycles. The molecule has 0 rings (SSSR count). The van der Waals surface area contributed by atoms with Gasteiger partial charge in [-0.15, -0.1) is 0 Å². The minimum Gasteiger partial charge on any atom is -0.396 e. The molecule has 0 bridgehead atoms. The lowest BCUT2D eigenvalue weighted by Gasteiger charge is -2.26. The van der Waals surface area contributed by atoms with Crippen molar-refractivity contribution in [3.63, 3.8) is 0 Å². The largest absolute Gasteiger partial charge is 0.396 e. The third kappa shape index (κ3) is 7.39. The number of amides is 2. The Morgan fingerprint density at radius 2 is 1.95 bits per heavy atom. The molecule has 0 aromatic rings. The first-order chi connectivity index (χ1) is 8.85. The highest BCUT2D eigenvalue weighted by Gasteiger charge is 2.32. The van der Waals surface area contributed by atoms with Crippen molar-refractivity contribution in [2.24, 2.45) is 5.41 Å². The molecular formula is C12H24N2O4S. The van der Waals surface area contributed by atoms with Gasteiger partial charge < -0.3 is 20.8 Å². The van der Waals surface area contributed by atoms with Crippen molar-refractivity contribution in [1.29, 1.82) is 0 Å². The van der Waals surface area contributed by atoms with Crippen molar-refractivity contribution in [2.45, 2.75) is 26.9 Å². The lowest BCUT2D eigenvalue weighted by atomic mass is 9.87. The van der Waals surface area contributed by atoms with E-state index in [0.717, 1.165) is 11.5 Å². The van der Waals surface area contributed by atoms with Gasteiger partial charge in [0.1, 0.15) is 6.10 Å². The first-order valence-corrected chi connectivity index (χ1v) is 7.41. The summed E-state index contributed by atoms with van der Waals surface area (Å²) in [5, 5.41) is 23.7. The Morgan fingerprint density at radius 3 is 2.47 bits per heavy atom. The molecule has 4 N–H and O–H groups in total. The van der Waals surface area contributed by atoms with Gasteiger partial charge in [-0.25, -0.2) is 0 Å². The van der Waals surface area contributed by atoms with E-state index in [9.17, 15) is 14.7 Å². The summed E-state index contributed by atoms with van der Waals surface area (Å²) in [6.45, 7) is 5.24. The van der Waals surface area contributed by atoms with E-state index in [1.165, 1.54) is 0 Å². The van der Waals surface area contributed by atoms with Gasteiger partial charge in [0, 0.05) is 17.7 Å². The second-order valence-electron chi connectivity index (χ2n) is 4.81. The summed E-state index contributed by atoms with van der Waals surface area (Å²) in [6.07, 6.45) is -1.35. The third-order valence-corrected chi connectivity index (χ3v) is 3.49. The zero-order chi connectivity index (χ0) is 14.9. The van der Waals surface area contributed by atoms with Crippen LogP contribution in [0.5, 0.6) is 0 Å². The zero-order valence-corrected chi connectivity index (χ0v) is 12.5. The molecule has 0 aromatic carbocycles. The number of carbonyl (C=O) groups is 2. The second-order valence-corrected chi connectivity index (χ2v) is 6.21. The lowest BCUT2D eigenvalue weighted by molar-refractivity contribution is -0.138. The molecule has 0 unspecified atom stereocenters. The molecule has 0 fully saturated rings. The van der Waals surface area contributed by atoms with Crippen LogP contribution in [0.4, 0.5) is 0 Å². The number of thioether (sulfide) groups is 1. The van der Waals surface area contributed by atoms with Crippen LogP contribution in [0.15, 0.2) is 0 Å². The minimum absolute atomic E-state index is 0.172. The van der Waals surface area contributed by atoms with Gasteiger partial charge in [0.15, 0.2) is 0 Å². The van der Waals surface area contributed by atoms with E-state index >= 15 is 0 Å². The van der Waals surface area contributed by atoms with Gasteiger partial charge >= 0.3 is 0 Å². The molecule has 0 spiro atoms. The lowest BCUT2D eigenvalue weighted by Crippen LogP contribution is -2.48.